The van der Waals surface area contributed by atoms with Crippen LogP contribution >= 0.6 is 0 Å². The zero-order chi connectivity index (χ0) is 12.3. The molecule has 0 N–H and O–H groups in total. The fourth-order valence-corrected chi connectivity index (χ4v) is 2.30. The molecule has 4 nitrogen and oxygen atoms in total. The smallest absolute Gasteiger partial charge is 0.244 e. The minimum atomic E-state index is 0.211. The summed E-state index contributed by atoms with van der Waals surface area (Å²) >= 11 is 0. The van der Waals surface area contributed by atoms with Crippen LogP contribution in [0.1, 0.15) is 38.1 Å². The molecule has 1 amide bonds. The van der Waals surface area contributed by atoms with Gasteiger partial charge in [-0.15, -0.1) is 0 Å². The molecule has 0 unspecified atom stereocenters. The van der Waals surface area contributed by atoms with Gasteiger partial charge >= 0.3 is 0 Å². The van der Waals surface area contributed by atoms with Crippen molar-refractivity contribution in [1.29, 1.82) is 0 Å². The van der Waals surface area contributed by atoms with Crippen molar-refractivity contribution >= 4 is 5.91 Å². The molecule has 17 heavy (non-hydrogen) atoms. The molecule has 0 bridgehead atoms. The van der Waals surface area contributed by atoms with Crippen molar-refractivity contribution in [3.05, 3.63) is 17.5 Å². The van der Waals surface area contributed by atoms with Crippen molar-refractivity contribution in [2.45, 2.75) is 46.1 Å². The van der Waals surface area contributed by atoms with Crippen LogP contribution in [0.4, 0.5) is 0 Å². The average molecular weight is 235 g/mol. The molecule has 1 aromatic rings. The van der Waals surface area contributed by atoms with Crippen molar-refractivity contribution in [2.75, 3.05) is 13.1 Å². The second-order valence-corrected chi connectivity index (χ2v) is 4.58. The molecule has 4 heteroatoms. The zero-order valence-electron chi connectivity index (χ0n) is 10.8. The van der Waals surface area contributed by atoms with Gasteiger partial charge in [-0.3, -0.25) is 9.48 Å². The van der Waals surface area contributed by atoms with E-state index in [1.807, 2.05) is 9.58 Å². The zero-order valence-corrected chi connectivity index (χ0v) is 10.8. The van der Waals surface area contributed by atoms with Gasteiger partial charge in [-0.05, 0) is 31.7 Å². The molecule has 1 aliphatic heterocycles. The van der Waals surface area contributed by atoms with E-state index in [1.165, 1.54) is 0 Å². The molecule has 1 aliphatic rings. The maximum absolute atomic E-state index is 12.0. The topological polar surface area (TPSA) is 38.1 Å². The molecule has 1 aromatic heterocycles. The van der Waals surface area contributed by atoms with E-state index in [1.54, 1.807) is 0 Å². The van der Waals surface area contributed by atoms with Gasteiger partial charge < -0.3 is 4.90 Å². The Balaban J connectivity index is 2.06. The van der Waals surface area contributed by atoms with Crippen LogP contribution in [0.15, 0.2) is 6.07 Å². The number of hydrogen-bond acceptors (Lipinski definition) is 2. The quantitative estimate of drug-likeness (QED) is 0.795. The van der Waals surface area contributed by atoms with E-state index >= 15 is 0 Å². The first-order valence-electron chi connectivity index (χ1n) is 6.58. The van der Waals surface area contributed by atoms with Crippen LogP contribution in [0.5, 0.6) is 0 Å². The van der Waals surface area contributed by atoms with Gasteiger partial charge in [0.1, 0.15) is 6.54 Å². The summed E-state index contributed by atoms with van der Waals surface area (Å²) in [6.07, 6.45) is 4.15. The Kier molecular flexibility index (Phi) is 3.82. The Bertz CT molecular complexity index is 391. The van der Waals surface area contributed by atoms with E-state index in [-0.39, 0.29) is 5.91 Å². The second-order valence-electron chi connectivity index (χ2n) is 4.58. The number of amides is 1. The van der Waals surface area contributed by atoms with Crippen LogP contribution < -0.4 is 0 Å². The van der Waals surface area contributed by atoms with Crippen LogP contribution in [0.3, 0.4) is 0 Å². The molecule has 0 aromatic carbocycles. The maximum atomic E-state index is 12.0. The predicted octanol–water partition coefficient (Wildman–Crippen LogP) is 1.63. The third kappa shape index (κ3) is 2.68. The van der Waals surface area contributed by atoms with E-state index in [0.29, 0.717) is 6.54 Å². The molecular formula is C13H21N3O. The molecule has 0 aliphatic carbocycles. The molecule has 1 saturated heterocycles. The lowest BCUT2D eigenvalue weighted by Gasteiger charge is -2.15. The van der Waals surface area contributed by atoms with Crippen molar-refractivity contribution in [1.82, 2.24) is 14.7 Å². The van der Waals surface area contributed by atoms with Gasteiger partial charge in [-0.1, -0.05) is 13.8 Å². The van der Waals surface area contributed by atoms with Crippen molar-refractivity contribution in [3.63, 3.8) is 0 Å². The Morgan fingerprint density at radius 1 is 1.29 bits per heavy atom. The predicted molar refractivity (Wildman–Crippen MR) is 66.8 cm³/mol. The number of nitrogens with zero attached hydrogens (tertiary/aromatic N) is 3. The van der Waals surface area contributed by atoms with Crippen LogP contribution in [-0.4, -0.2) is 33.7 Å². The molecule has 0 saturated carbocycles. The summed E-state index contributed by atoms with van der Waals surface area (Å²) in [6.45, 7) is 6.44. The fraction of sp³-hybridized carbons (Fsp3) is 0.692. The van der Waals surface area contributed by atoms with Crippen molar-refractivity contribution < 1.29 is 4.79 Å². The summed E-state index contributed by atoms with van der Waals surface area (Å²) in [5.74, 6) is 0.211. The number of carbonyl (C=O) groups is 1. The highest BCUT2D eigenvalue weighted by Crippen LogP contribution is 2.11. The average Bonchev–Trinajstić information content (AvgIpc) is 2.97. The lowest BCUT2D eigenvalue weighted by molar-refractivity contribution is -0.131. The molecule has 94 valence electrons. The van der Waals surface area contributed by atoms with E-state index in [0.717, 1.165) is 50.2 Å². The maximum Gasteiger partial charge on any atom is 0.244 e. The summed E-state index contributed by atoms with van der Waals surface area (Å²) in [5, 5.41) is 4.48. The first-order chi connectivity index (χ1) is 8.24. The number of aryl methyl sites for hydroxylation is 2. The van der Waals surface area contributed by atoms with Gasteiger partial charge in [0.25, 0.3) is 0 Å². The Labute approximate surface area is 103 Å². The molecular weight excluding hydrogens is 214 g/mol. The fourth-order valence-electron chi connectivity index (χ4n) is 2.30. The highest BCUT2D eigenvalue weighted by Gasteiger charge is 2.19. The summed E-state index contributed by atoms with van der Waals surface area (Å²) in [7, 11) is 0. The number of hydrogen-bond donors (Lipinski definition) is 0. The monoisotopic (exact) mass is 235 g/mol. The SMILES string of the molecule is CCc1cc(CC)n(CC(=O)N2CCCC2)n1. The summed E-state index contributed by atoms with van der Waals surface area (Å²) < 4.78 is 1.87. The summed E-state index contributed by atoms with van der Waals surface area (Å²) in [5.41, 5.74) is 2.24. The van der Waals surface area contributed by atoms with Crippen LogP contribution in [0.25, 0.3) is 0 Å². The van der Waals surface area contributed by atoms with Crippen molar-refractivity contribution in [2.24, 2.45) is 0 Å². The van der Waals surface area contributed by atoms with Gasteiger partial charge in [0.15, 0.2) is 0 Å². The van der Waals surface area contributed by atoms with Crippen LogP contribution in [-0.2, 0) is 24.2 Å². The highest BCUT2D eigenvalue weighted by molar-refractivity contribution is 5.76. The van der Waals surface area contributed by atoms with E-state index in [4.69, 9.17) is 0 Å². The van der Waals surface area contributed by atoms with Crippen molar-refractivity contribution in [3.8, 4) is 0 Å². The van der Waals surface area contributed by atoms with E-state index in [2.05, 4.69) is 25.0 Å². The van der Waals surface area contributed by atoms with Gasteiger partial charge in [-0.2, -0.15) is 5.10 Å². The summed E-state index contributed by atoms with van der Waals surface area (Å²) in [6, 6.07) is 2.11. The van der Waals surface area contributed by atoms with Crippen LogP contribution in [0, 0.1) is 0 Å². The van der Waals surface area contributed by atoms with E-state index < -0.39 is 0 Å². The second kappa shape index (κ2) is 5.34. The number of rotatable bonds is 4. The third-order valence-corrected chi connectivity index (χ3v) is 3.38. The minimum absolute atomic E-state index is 0.211. The number of likely N-dealkylation sites (tertiary alicyclic amines) is 1. The van der Waals surface area contributed by atoms with Gasteiger partial charge in [0.2, 0.25) is 5.91 Å². The van der Waals surface area contributed by atoms with Gasteiger partial charge in [0, 0.05) is 18.8 Å². The first kappa shape index (κ1) is 12.1. The van der Waals surface area contributed by atoms with Gasteiger partial charge in [0.05, 0.1) is 5.69 Å². The Morgan fingerprint density at radius 3 is 2.59 bits per heavy atom. The Morgan fingerprint density at radius 2 is 2.00 bits per heavy atom. The molecule has 2 heterocycles. The Hall–Kier alpha value is -1.32. The normalized spacial score (nSPS) is 15.5. The minimum Gasteiger partial charge on any atom is -0.341 e. The number of aromatic nitrogens is 2. The number of carbonyl (C=O) groups excluding carboxylic acids is 1. The molecule has 2 rings (SSSR count). The lowest BCUT2D eigenvalue weighted by Crippen LogP contribution is -2.31. The molecule has 0 radical (unpaired) electrons. The molecule has 1 fully saturated rings. The first-order valence-corrected chi connectivity index (χ1v) is 6.58. The van der Waals surface area contributed by atoms with Gasteiger partial charge in [-0.25, -0.2) is 0 Å². The molecule has 0 spiro atoms. The molecule has 0 atom stereocenters. The van der Waals surface area contributed by atoms with Crippen LogP contribution in [0.2, 0.25) is 0 Å². The van der Waals surface area contributed by atoms with E-state index in [9.17, 15) is 4.79 Å². The summed E-state index contributed by atoms with van der Waals surface area (Å²) in [4.78, 5) is 14.0. The lowest BCUT2D eigenvalue weighted by atomic mass is 10.2. The standard InChI is InChI=1S/C13H21N3O/c1-3-11-9-12(4-2)16(14-11)10-13(17)15-7-5-6-8-15/h9H,3-8,10H2,1-2H3. The third-order valence-electron chi connectivity index (χ3n) is 3.38. The largest absolute Gasteiger partial charge is 0.341 e. The highest BCUT2D eigenvalue weighted by atomic mass is 16.2.